The van der Waals surface area contributed by atoms with Crippen LogP contribution in [0.3, 0.4) is 0 Å². The third-order valence-corrected chi connectivity index (χ3v) is 5.71. The molecule has 0 amide bonds. The van der Waals surface area contributed by atoms with Crippen LogP contribution < -0.4 is 17.0 Å². The van der Waals surface area contributed by atoms with Crippen LogP contribution >= 0.6 is 0 Å². The zero-order chi connectivity index (χ0) is 18.8. The molecule has 3 heterocycles. The minimum atomic E-state index is 0. The molecule has 0 saturated heterocycles. The zero-order valence-corrected chi connectivity index (χ0v) is 16.5. The van der Waals surface area contributed by atoms with Crippen LogP contribution in [0.2, 0.25) is 0 Å². The molecule has 3 nitrogen and oxygen atoms in total. The molecule has 6 rings (SSSR count). The van der Waals surface area contributed by atoms with Crippen molar-refractivity contribution in [3.8, 4) is 16.8 Å². The van der Waals surface area contributed by atoms with Gasteiger partial charge in [-0.15, -0.1) is 0 Å². The maximum atomic E-state index is 13.1. The first kappa shape index (κ1) is 17.7. The quantitative estimate of drug-likeness (QED) is 0.425. The fraction of sp³-hybridized carbons (Fsp3) is 0.0400. The van der Waals surface area contributed by atoms with E-state index in [9.17, 15) is 4.79 Å². The Morgan fingerprint density at radius 2 is 1.59 bits per heavy atom. The van der Waals surface area contributed by atoms with Crippen molar-refractivity contribution < 1.29 is 21.8 Å². The van der Waals surface area contributed by atoms with Gasteiger partial charge in [0, 0.05) is 28.4 Å². The number of rotatable bonds is 1. The molecular weight excluding hydrogens is 380 g/mol. The van der Waals surface area contributed by atoms with Crippen LogP contribution in [0, 0.1) is 6.92 Å². The van der Waals surface area contributed by atoms with Crippen LogP contribution in [-0.2, 0) is 0 Å². The number of carbonyl (C=O) groups excluding carboxylic acids is 1. The number of benzene rings is 3. The standard InChI is InChI=1S/C25H16N2O.ClH/c1-15-6-8-16(9-7-15)17-10-11-21-20(14-17)18-12-13-27-22-5-3-2-4-19(22)25(28)24(27)23(18)26-21;/h2-14H,1H3;1H. The molecule has 4 heteroatoms. The Morgan fingerprint density at radius 3 is 2.41 bits per heavy atom. The first-order chi connectivity index (χ1) is 13.7. The van der Waals surface area contributed by atoms with E-state index in [1.165, 1.54) is 16.7 Å². The van der Waals surface area contributed by atoms with Gasteiger partial charge in [0.25, 0.3) is 11.5 Å². The fourth-order valence-electron chi connectivity index (χ4n) is 4.27. The first-order valence-corrected chi connectivity index (χ1v) is 9.42. The van der Waals surface area contributed by atoms with Gasteiger partial charge in [-0.25, -0.2) is 0 Å². The second-order valence-corrected chi connectivity index (χ2v) is 7.42. The molecule has 1 aliphatic heterocycles. The van der Waals surface area contributed by atoms with E-state index in [2.05, 4.69) is 60.4 Å². The molecule has 5 aromatic rings. The number of aryl methyl sites for hydroxylation is 1. The largest absolute Gasteiger partial charge is 1.00 e. The highest BCUT2D eigenvalue weighted by Crippen LogP contribution is 2.33. The molecule has 0 spiro atoms. The maximum absolute atomic E-state index is 13.1. The molecule has 1 N–H and O–H groups in total. The number of hydrogen-bond acceptors (Lipinski definition) is 1. The number of nitrogens with zero attached hydrogens (tertiary/aromatic N) is 1. The van der Waals surface area contributed by atoms with Crippen molar-refractivity contribution in [2.45, 2.75) is 6.92 Å². The monoisotopic (exact) mass is 396 g/mol. The van der Waals surface area contributed by atoms with Gasteiger partial charge in [0.1, 0.15) is 11.1 Å². The summed E-state index contributed by atoms with van der Waals surface area (Å²) in [7, 11) is 0. The SMILES string of the molecule is Cc1ccc(-c2ccc3[nH]c4c5[n+](ccc4c3c2)-c2ccccc2C5=O)cc1.[Cl-]. The Balaban J connectivity index is 0.00000181. The van der Waals surface area contributed by atoms with Gasteiger partial charge >= 0.3 is 0 Å². The van der Waals surface area contributed by atoms with Crippen LogP contribution in [0.5, 0.6) is 0 Å². The second kappa shape index (κ2) is 6.29. The number of pyridine rings is 1. The Hall–Kier alpha value is -3.43. The van der Waals surface area contributed by atoms with Gasteiger partial charge in [-0.2, -0.15) is 4.57 Å². The number of para-hydroxylation sites is 1. The molecule has 2 aromatic heterocycles. The predicted molar refractivity (Wildman–Crippen MR) is 111 cm³/mol. The minimum absolute atomic E-state index is 0. The van der Waals surface area contributed by atoms with Crippen molar-refractivity contribution in [3.63, 3.8) is 0 Å². The van der Waals surface area contributed by atoms with Crippen molar-refractivity contribution in [1.82, 2.24) is 4.98 Å². The van der Waals surface area contributed by atoms with Crippen molar-refractivity contribution >= 4 is 27.6 Å². The number of fused-ring (bicyclic) bond motifs is 7. The van der Waals surface area contributed by atoms with Crippen molar-refractivity contribution in [1.29, 1.82) is 0 Å². The number of nitrogens with one attached hydrogen (secondary N) is 1. The Labute approximate surface area is 174 Å². The molecule has 140 valence electrons. The van der Waals surface area contributed by atoms with Crippen molar-refractivity contribution in [3.05, 3.63) is 95.8 Å². The van der Waals surface area contributed by atoms with E-state index in [4.69, 9.17) is 0 Å². The van der Waals surface area contributed by atoms with Crippen LogP contribution in [-0.4, -0.2) is 10.8 Å². The van der Waals surface area contributed by atoms with E-state index in [0.717, 1.165) is 33.1 Å². The molecule has 0 saturated carbocycles. The molecule has 0 unspecified atom stereocenters. The van der Waals surface area contributed by atoms with E-state index in [1.54, 1.807) is 0 Å². The summed E-state index contributed by atoms with van der Waals surface area (Å²) in [6.45, 7) is 2.10. The summed E-state index contributed by atoms with van der Waals surface area (Å²) in [4.78, 5) is 16.5. The van der Waals surface area contributed by atoms with Crippen LogP contribution in [0.4, 0.5) is 0 Å². The number of ketones is 1. The first-order valence-electron chi connectivity index (χ1n) is 9.42. The number of hydrogen-bond donors (Lipinski definition) is 1. The highest BCUT2D eigenvalue weighted by Gasteiger charge is 2.37. The van der Waals surface area contributed by atoms with E-state index < -0.39 is 0 Å². The summed E-state index contributed by atoms with van der Waals surface area (Å²) < 4.78 is 2.00. The summed E-state index contributed by atoms with van der Waals surface area (Å²) in [6.07, 6.45) is 2.01. The summed E-state index contributed by atoms with van der Waals surface area (Å²) in [5.74, 6) is 0.0755. The van der Waals surface area contributed by atoms with E-state index in [0.29, 0.717) is 5.69 Å². The lowest BCUT2D eigenvalue weighted by Gasteiger charge is -2.03. The highest BCUT2D eigenvalue weighted by molar-refractivity contribution is 6.20. The van der Waals surface area contributed by atoms with E-state index in [-0.39, 0.29) is 18.2 Å². The maximum Gasteiger partial charge on any atom is 0.284 e. The number of H-pyrrole nitrogens is 1. The normalized spacial score (nSPS) is 12.1. The molecular formula is C25H17ClN2O. The Kier molecular flexibility index (Phi) is 3.83. The number of aromatic nitrogens is 2. The van der Waals surface area contributed by atoms with Gasteiger partial charge in [-0.1, -0.05) is 48.0 Å². The smallest absolute Gasteiger partial charge is 0.284 e. The molecule has 0 fully saturated rings. The summed E-state index contributed by atoms with van der Waals surface area (Å²) in [6, 6.07) is 24.9. The molecule has 29 heavy (non-hydrogen) atoms. The van der Waals surface area contributed by atoms with E-state index in [1.807, 2.05) is 35.0 Å². The lowest BCUT2D eigenvalue weighted by atomic mass is 10.0. The molecule has 1 aliphatic rings. The number of halogens is 1. The van der Waals surface area contributed by atoms with Gasteiger partial charge in [0.05, 0.1) is 0 Å². The van der Waals surface area contributed by atoms with Gasteiger partial charge in [0.15, 0.2) is 6.20 Å². The second-order valence-electron chi connectivity index (χ2n) is 7.42. The summed E-state index contributed by atoms with van der Waals surface area (Å²) >= 11 is 0. The summed E-state index contributed by atoms with van der Waals surface area (Å²) in [5, 5.41) is 2.22. The van der Waals surface area contributed by atoms with Gasteiger partial charge < -0.3 is 17.4 Å². The molecule has 0 aliphatic carbocycles. The highest BCUT2D eigenvalue weighted by atomic mass is 35.5. The third kappa shape index (κ3) is 2.44. The lowest BCUT2D eigenvalue weighted by molar-refractivity contribution is -0.592. The van der Waals surface area contributed by atoms with Crippen LogP contribution in [0.1, 0.15) is 21.6 Å². The molecule has 0 radical (unpaired) electrons. The van der Waals surface area contributed by atoms with E-state index >= 15 is 0 Å². The fourth-order valence-corrected chi connectivity index (χ4v) is 4.27. The number of carbonyl (C=O) groups is 1. The topological polar surface area (TPSA) is 36.7 Å². The minimum Gasteiger partial charge on any atom is -1.00 e. The Bertz CT molecular complexity index is 1430. The van der Waals surface area contributed by atoms with Crippen molar-refractivity contribution in [2.75, 3.05) is 0 Å². The molecule has 3 aromatic carbocycles. The van der Waals surface area contributed by atoms with Crippen LogP contribution in [0.15, 0.2) is 79.0 Å². The summed E-state index contributed by atoms with van der Waals surface area (Å²) in [5.41, 5.74) is 7.99. The third-order valence-electron chi connectivity index (χ3n) is 5.71. The van der Waals surface area contributed by atoms with Crippen molar-refractivity contribution in [2.24, 2.45) is 0 Å². The van der Waals surface area contributed by atoms with Crippen LogP contribution in [0.25, 0.3) is 38.6 Å². The number of aromatic amines is 1. The predicted octanol–water partition coefficient (Wildman–Crippen LogP) is 2.12. The molecule has 0 atom stereocenters. The average Bonchev–Trinajstić information content (AvgIpc) is 3.24. The Morgan fingerprint density at radius 1 is 0.828 bits per heavy atom. The van der Waals surface area contributed by atoms with Gasteiger partial charge in [-0.3, -0.25) is 4.79 Å². The van der Waals surface area contributed by atoms with Gasteiger partial charge in [-0.05, 0) is 36.2 Å². The zero-order valence-electron chi connectivity index (χ0n) is 15.7. The van der Waals surface area contributed by atoms with Gasteiger partial charge in [0.2, 0.25) is 5.69 Å². The lowest BCUT2D eigenvalue weighted by Crippen LogP contribution is -3.00. The average molecular weight is 397 g/mol. The molecule has 0 bridgehead atoms.